The van der Waals surface area contributed by atoms with Crippen LogP contribution in [0.1, 0.15) is 27.0 Å². The van der Waals surface area contributed by atoms with Crippen molar-refractivity contribution in [3.05, 3.63) is 99.3 Å². The molecule has 0 spiro atoms. The monoisotopic (exact) mass is 644 g/mol. The molecule has 5 rings (SSSR count). The molecular formula is C32H38Cl2N4O4S. The number of morpholine rings is 1. The maximum atomic E-state index is 13.0. The number of hydrogen-bond acceptors (Lipinski definition) is 8. The van der Waals surface area contributed by atoms with E-state index in [1.165, 1.54) is 11.8 Å². The van der Waals surface area contributed by atoms with Crippen molar-refractivity contribution in [3.8, 4) is 5.75 Å². The molecule has 3 aromatic carbocycles. The fourth-order valence-corrected chi connectivity index (χ4v) is 5.71. The van der Waals surface area contributed by atoms with Gasteiger partial charge in [0.1, 0.15) is 12.4 Å². The second-order valence-corrected chi connectivity index (χ2v) is 11.1. The van der Waals surface area contributed by atoms with E-state index in [2.05, 4.69) is 10.2 Å². The van der Waals surface area contributed by atoms with Crippen molar-refractivity contribution in [1.29, 1.82) is 0 Å². The molecule has 0 bridgehead atoms. The molecule has 0 atom stereocenters. The van der Waals surface area contributed by atoms with Crippen LogP contribution in [-0.2, 0) is 17.5 Å². The molecule has 230 valence electrons. The van der Waals surface area contributed by atoms with Crippen molar-refractivity contribution in [1.82, 2.24) is 19.8 Å². The number of nitrogens with zero attached hydrogens (tertiary/aromatic N) is 3. The van der Waals surface area contributed by atoms with E-state index < -0.39 is 0 Å². The number of hydrogen-bond donors (Lipinski definition) is 1. The summed E-state index contributed by atoms with van der Waals surface area (Å²) in [6.45, 7) is 8.84. The van der Waals surface area contributed by atoms with E-state index in [0.29, 0.717) is 39.5 Å². The predicted octanol–water partition coefficient (Wildman–Crippen LogP) is 4.91. The standard InChI is InChI=1S/C32H36N4O4S.2ClH/c1-23-4-3-5-28-29(23)31(38)35(2)32(34-28)41-22-24-6-8-25(9-7-24)30(37)26-10-12-27(13-11-26)40-19-15-33-14-16-36-17-20-39-21-18-36;;/h3-13,33H,14-22H2,1-2H3;2*1H. The van der Waals surface area contributed by atoms with Gasteiger partial charge in [-0.15, -0.1) is 24.8 Å². The minimum Gasteiger partial charge on any atom is -0.492 e. The number of carbonyl (C=O) groups is 1. The van der Waals surface area contributed by atoms with Gasteiger partial charge in [-0.3, -0.25) is 19.1 Å². The summed E-state index contributed by atoms with van der Waals surface area (Å²) in [5.41, 5.74) is 3.90. The summed E-state index contributed by atoms with van der Waals surface area (Å²) in [4.78, 5) is 33.0. The van der Waals surface area contributed by atoms with Gasteiger partial charge in [-0.2, -0.15) is 0 Å². The number of rotatable bonds is 12. The Morgan fingerprint density at radius 3 is 2.35 bits per heavy atom. The van der Waals surface area contributed by atoms with Gasteiger partial charge in [-0.1, -0.05) is 48.2 Å². The van der Waals surface area contributed by atoms with Gasteiger partial charge in [0.15, 0.2) is 10.9 Å². The zero-order chi connectivity index (χ0) is 28.6. The Morgan fingerprint density at radius 1 is 0.977 bits per heavy atom. The largest absolute Gasteiger partial charge is 0.492 e. The first kappa shape index (κ1) is 34.6. The summed E-state index contributed by atoms with van der Waals surface area (Å²) in [7, 11) is 1.76. The molecule has 0 aliphatic carbocycles. The number of aromatic nitrogens is 2. The van der Waals surface area contributed by atoms with E-state index >= 15 is 0 Å². The molecule has 11 heteroatoms. The number of halogens is 2. The second kappa shape index (κ2) is 16.8. The Morgan fingerprint density at radius 2 is 1.65 bits per heavy atom. The lowest BCUT2D eigenvalue weighted by Crippen LogP contribution is -2.40. The number of nitrogens with one attached hydrogen (secondary N) is 1. The van der Waals surface area contributed by atoms with Crippen LogP contribution in [0.15, 0.2) is 76.7 Å². The van der Waals surface area contributed by atoms with Gasteiger partial charge in [0.05, 0.1) is 24.1 Å². The molecule has 43 heavy (non-hydrogen) atoms. The summed E-state index contributed by atoms with van der Waals surface area (Å²) in [6.07, 6.45) is 0. The highest BCUT2D eigenvalue weighted by Crippen LogP contribution is 2.23. The van der Waals surface area contributed by atoms with E-state index in [0.717, 1.165) is 62.8 Å². The number of benzene rings is 3. The van der Waals surface area contributed by atoms with Gasteiger partial charge in [0.25, 0.3) is 5.56 Å². The number of fused-ring (bicyclic) bond motifs is 1. The summed E-state index contributed by atoms with van der Waals surface area (Å²) >= 11 is 1.51. The number of aryl methyl sites for hydroxylation is 1. The minimum atomic E-state index is -0.0379. The van der Waals surface area contributed by atoms with Crippen molar-refractivity contribution >= 4 is 53.3 Å². The molecule has 1 aliphatic heterocycles. The molecule has 1 N–H and O–H groups in total. The van der Waals surface area contributed by atoms with Gasteiger partial charge in [-0.05, 0) is 48.4 Å². The van der Waals surface area contributed by atoms with Crippen molar-refractivity contribution < 1.29 is 14.3 Å². The van der Waals surface area contributed by atoms with Crippen LogP contribution in [0.2, 0.25) is 0 Å². The molecule has 8 nitrogen and oxygen atoms in total. The van der Waals surface area contributed by atoms with Crippen LogP contribution in [0.5, 0.6) is 5.75 Å². The van der Waals surface area contributed by atoms with E-state index in [9.17, 15) is 9.59 Å². The molecule has 1 aliphatic rings. The highest BCUT2D eigenvalue weighted by atomic mass is 35.5. The molecule has 0 saturated carbocycles. The fourth-order valence-electron chi connectivity index (χ4n) is 4.78. The Balaban J connectivity index is 0.00000253. The van der Waals surface area contributed by atoms with Gasteiger partial charge in [0.2, 0.25) is 0 Å². The van der Waals surface area contributed by atoms with Crippen molar-refractivity contribution in [2.75, 3.05) is 52.5 Å². The normalized spacial score (nSPS) is 13.3. The van der Waals surface area contributed by atoms with Crippen molar-refractivity contribution in [3.63, 3.8) is 0 Å². The SMILES string of the molecule is Cc1cccc2nc(SCc3ccc(C(=O)c4ccc(OCCNCCN5CCOCC5)cc4)cc3)n(C)c(=O)c12.Cl.Cl. The molecule has 2 heterocycles. The molecule has 0 amide bonds. The molecular weight excluding hydrogens is 607 g/mol. The van der Waals surface area contributed by atoms with Gasteiger partial charge >= 0.3 is 0 Å². The van der Waals surface area contributed by atoms with Crippen molar-refractivity contribution in [2.45, 2.75) is 17.8 Å². The second-order valence-electron chi connectivity index (χ2n) is 10.1. The summed E-state index contributed by atoms with van der Waals surface area (Å²) in [5.74, 6) is 1.35. The molecule has 0 unspecified atom stereocenters. The average molecular weight is 646 g/mol. The lowest BCUT2D eigenvalue weighted by Gasteiger charge is -2.26. The smallest absolute Gasteiger partial charge is 0.262 e. The maximum Gasteiger partial charge on any atom is 0.262 e. The first-order chi connectivity index (χ1) is 20.0. The van der Waals surface area contributed by atoms with E-state index in [1.54, 1.807) is 23.7 Å². The van der Waals surface area contributed by atoms with E-state index in [4.69, 9.17) is 14.5 Å². The van der Waals surface area contributed by atoms with Gasteiger partial charge < -0.3 is 14.8 Å². The Labute approximate surface area is 269 Å². The first-order valence-electron chi connectivity index (χ1n) is 14.0. The minimum absolute atomic E-state index is 0. The van der Waals surface area contributed by atoms with E-state index in [-0.39, 0.29) is 36.2 Å². The molecule has 1 saturated heterocycles. The highest BCUT2D eigenvalue weighted by Gasteiger charge is 2.13. The third-order valence-electron chi connectivity index (χ3n) is 7.23. The van der Waals surface area contributed by atoms with Crippen LogP contribution in [-0.4, -0.2) is 72.8 Å². The summed E-state index contributed by atoms with van der Waals surface area (Å²) < 4.78 is 12.8. The molecule has 0 radical (unpaired) electrons. The van der Waals surface area contributed by atoms with E-state index in [1.807, 2.05) is 61.5 Å². The lowest BCUT2D eigenvalue weighted by molar-refractivity contribution is 0.0383. The first-order valence-corrected chi connectivity index (χ1v) is 14.9. The van der Waals surface area contributed by atoms with Gasteiger partial charge in [-0.25, -0.2) is 4.98 Å². The summed E-state index contributed by atoms with van der Waals surface area (Å²) in [6, 6.07) is 20.6. The molecule has 1 fully saturated rings. The molecule has 4 aromatic rings. The number of ether oxygens (including phenoxy) is 2. The average Bonchev–Trinajstić information content (AvgIpc) is 3.00. The van der Waals surface area contributed by atoms with Crippen molar-refractivity contribution in [2.24, 2.45) is 7.05 Å². The van der Waals surface area contributed by atoms with Crippen LogP contribution in [0.3, 0.4) is 0 Å². The Hall–Kier alpha value is -2.92. The third-order valence-corrected chi connectivity index (χ3v) is 8.33. The number of ketones is 1. The maximum absolute atomic E-state index is 13.0. The predicted molar refractivity (Wildman–Crippen MR) is 178 cm³/mol. The quantitative estimate of drug-likeness (QED) is 0.101. The topological polar surface area (TPSA) is 85.7 Å². The Bertz CT molecular complexity index is 1540. The van der Waals surface area contributed by atoms with Crippen LogP contribution in [0.25, 0.3) is 10.9 Å². The van der Waals surface area contributed by atoms with Crippen LogP contribution in [0, 0.1) is 6.92 Å². The summed E-state index contributed by atoms with van der Waals surface area (Å²) in [5, 5.41) is 4.74. The fraction of sp³-hybridized carbons (Fsp3) is 0.344. The zero-order valence-electron chi connectivity index (χ0n) is 24.4. The zero-order valence-corrected chi connectivity index (χ0v) is 26.9. The lowest BCUT2D eigenvalue weighted by atomic mass is 10.0. The number of thioether (sulfide) groups is 1. The van der Waals surface area contributed by atoms with Crippen LogP contribution >= 0.6 is 36.6 Å². The Kier molecular flexibility index (Phi) is 13.5. The molecule has 1 aromatic heterocycles. The van der Waals surface area contributed by atoms with Crippen LogP contribution in [0.4, 0.5) is 0 Å². The van der Waals surface area contributed by atoms with Crippen LogP contribution < -0.4 is 15.6 Å². The number of carbonyl (C=O) groups excluding carboxylic acids is 1. The third kappa shape index (κ3) is 9.04. The van der Waals surface area contributed by atoms with Gasteiger partial charge in [0, 0.05) is 56.7 Å². The highest BCUT2D eigenvalue weighted by molar-refractivity contribution is 7.98.